The smallest absolute Gasteiger partial charge is 0.319 e. The fourth-order valence-electron chi connectivity index (χ4n) is 5.09. The largest absolute Gasteiger partial charge is 0.322 e. The molecule has 0 aliphatic carbocycles. The van der Waals surface area contributed by atoms with Crippen LogP contribution < -0.4 is 5.32 Å². The molecule has 2 aliphatic heterocycles. The average molecular weight is 545 g/mol. The molecule has 2 aliphatic rings. The summed E-state index contributed by atoms with van der Waals surface area (Å²) in [6, 6.07) is 15.8. The average Bonchev–Trinajstić information content (AvgIpc) is 3.39. The molecule has 7 nitrogen and oxygen atoms in total. The number of urea groups is 1. The number of aryl methyl sites for hydroxylation is 1. The SMILES string of the molecule is Cc1nnc2n1-c1sc3c(c1C(c1ccccc1Cl)=NC2)CCN(C(=O)Nc1ccc(C(C)(C)C)cc1)C3. The van der Waals surface area contributed by atoms with E-state index in [9.17, 15) is 4.79 Å². The van der Waals surface area contributed by atoms with E-state index in [1.807, 2.05) is 48.2 Å². The highest BCUT2D eigenvalue weighted by Gasteiger charge is 2.33. The number of amides is 2. The van der Waals surface area contributed by atoms with E-state index in [1.165, 1.54) is 11.1 Å². The van der Waals surface area contributed by atoms with Crippen LogP contribution in [-0.4, -0.2) is 38.0 Å². The molecule has 0 saturated heterocycles. The predicted molar refractivity (Wildman–Crippen MR) is 153 cm³/mol. The third-order valence-electron chi connectivity index (χ3n) is 7.17. The van der Waals surface area contributed by atoms with Crippen LogP contribution in [0.1, 0.15) is 59.6 Å². The number of aromatic nitrogens is 3. The van der Waals surface area contributed by atoms with Crippen LogP contribution in [0.2, 0.25) is 5.02 Å². The first-order chi connectivity index (χ1) is 18.2. The number of fused-ring (bicyclic) bond motifs is 5. The molecule has 4 aromatic rings. The quantitative estimate of drug-likeness (QED) is 0.312. The highest BCUT2D eigenvalue weighted by molar-refractivity contribution is 7.15. The molecule has 0 atom stereocenters. The second kappa shape index (κ2) is 9.36. The summed E-state index contributed by atoms with van der Waals surface area (Å²) in [4.78, 5) is 21.3. The van der Waals surface area contributed by atoms with Crippen molar-refractivity contribution in [2.45, 2.75) is 52.6 Å². The maximum absolute atomic E-state index is 13.3. The summed E-state index contributed by atoms with van der Waals surface area (Å²) >= 11 is 8.33. The van der Waals surface area contributed by atoms with E-state index in [0.29, 0.717) is 24.7 Å². The first kappa shape index (κ1) is 24.8. The molecule has 0 unspecified atom stereocenters. The molecule has 9 heteroatoms. The van der Waals surface area contributed by atoms with Gasteiger partial charge >= 0.3 is 6.03 Å². The molecule has 6 rings (SSSR count). The third kappa shape index (κ3) is 4.31. The molecule has 194 valence electrons. The van der Waals surface area contributed by atoms with Crippen molar-refractivity contribution >= 4 is 40.4 Å². The number of nitrogens with zero attached hydrogens (tertiary/aromatic N) is 5. The normalized spacial score (nSPS) is 14.8. The van der Waals surface area contributed by atoms with Crippen molar-refractivity contribution in [3.8, 4) is 5.00 Å². The van der Waals surface area contributed by atoms with Crippen LogP contribution in [0.15, 0.2) is 53.5 Å². The van der Waals surface area contributed by atoms with E-state index in [1.54, 1.807) is 11.3 Å². The van der Waals surface area contributed by atoms with Crippen LogP contribution in [0.5, 0.6) is 0 Å². The number of anilines is 1. The van der Waals surface area contributed by atoms with Crippen molar-refractivity contribution in [3.63, 3.8) is 0 Å². The van der Waals surface area contributed by atoms with E-state index < -0.39 is 0 Å². The van der Waals surface area contributed by atoms with E-state index in [4.69, 9.17) is 16.6 Å². The highest BCUT2D eigenvalue weighted by Crippen LogP contribution is 2.40. The summed E-state index contributed by atoms with van der Waals surface area (Å²) < 4.78 is 2.10. The number of aliphatic imine (C=N–C) groups is 1. The number of rotatable bonds is 2. The molecule has 0 radical (unpaired) electrons. The van der Waals surface area contributed by atoms with Gasteiger partial charge < -0.3 is 10.2 Å². The van der Waals surface area contributed by atoms with Gasteiger partial charge in [0, 0.05) is 33.3 Å². The Bertz CT molecular complexity index is 1580. The summed E-state index contributed by atoms with van der Waals surface area (Å²) in [6.45, 7) is 10.1. The van der Waals surface area contributed by atoms with Gasteiger partial charge in [-0.15, -0.1) is 21.5 Å². The lowest BCUT2D eigenvalue weighted by atomic mass is 9.87. The van der Waals surface area contributed by atoms with E-state index in [2.05, 4.69) is 53.0 Å². The summed E-state index contributed by atoms with van der Waals surface area (Å²) in [5.74, 6) is 1.63. The van der Waals surface area contributed by atoms with Crippen molar-refractivity contribution in [1.82, 2.24) is 19.7 Å². The van der Waals surface area contributed by atoms with Gasteiger partial charge in [0.15, 0.2) is 5.82 Å². The summed E-state index contributed by atoms with van der Waals surface area (Å²) in [5.41, 5.74) is 6.20. The Morgan fingerprint density at radius 2 is 1.84 bits per heavy atom. The molecule has 2 amide bonds. The van der Waals surface area contributed by atoms with Gasteiger partial charge in [0.25, 0.3) is 0 Å². The van der Waals surface area contributed by atoms with Crippen molar-refractivity contribution in [1.29, 1.82) is 0 Å². The molecule has 0 fully saturated rings. The Balaban J connectivity index is 1.33. The van der Waals surface area contributed by atoms with Crippen LogP contribution in [-0.2, 0) is 24.9 Å². The van der Waals surface area contributed by atoms with Gasteiger partial charge in [-0.3, -0.25) is 9.56 Å². The Labute approximate surface area is 231 Å². The Morgan fingerprint density at radius 3 is 2.58 bits per heavy atom. The van der Waals surface area contributed by atoms with Gasteiger partial charge in [0.2, 0.25) is 0 Å². The lowest BCUT2D eigenvalue weighted by Crippen LogP contribution is -2.38. The number of hydrogen-bond acceptors (Lipinski definition) is 5. The maximum atomic E-state index is 13.3. The molecule has 38 heavy (non-hydrogen) atoms. The number of carbonyl (C=O) groups is 1. The molecule has 1 N–H and O–H groups in total. The first-order valence-electron chi connectivity index (χ1n) is 12.7. The minimum absolute atomic E-state index is 0.0675. The number of thiophene rings is 1. The van der Waals surface area contributed by atoms with Gasteiger partial charge in [-0.05, 0) is 48.1 Å². The summed E-state index contributed by atoms with van der Waals surface area (Å²) in [7, 11) is 0. The second-order valence-electron chi connectivity index (χ2n) is 10.8. The van der Waals surface area contributed by atoms with Crippen LogP contribution in [0.25, 0.3) is 5.00 Å². The minimum Gasteiger partial charge on any atom is -0.319 e. The highest BCUT2D eigenvalue weighted by atomic mass is 35.5. The van der Waals surface area contributed by atoms with E-state index in [-0.39, 0.29) is 11.4 Å². The fourth-order valence-corrected chi connectivity index (χ4v) is 6.75. The number of hydrogen-bond donors (Lipinski definition) is 1. The molecule has 0 bridgehead atoms. The molecule has 4 heterocycles. The minimum atomic E-state index is -0.0936. The molecular formula is C29H29ClN6OS. The van der Waals surface area contributed by atoms with Crippen molar-refractivity contribution in [2.24, 2.45) is 4.99 Å². The standard InChI is InChI=1S/C29H29ClN6OS/c1-17-33-34-24-15-31-26(20-7-5-6-8-22(20)30)25-21-13-14-35(16-23(21)38-27(25)36(17)24)28(37)32-19-11-9-18(10-12-19)29(2,3)4/h5-12H,13-16H2,1-4H3,(H,32,37). The maximum Gasteiger partial charge on any atom is 0.322 e. The lowest BCUT2D eigenvalue weighted by molar-refractivity contribution is 0.207. The molecule has 0 spiro atoms. The Kier molecular flexibility index (Phi) is 6.12. The van der Waals surface area contributed by atoms with Gasteiger partial charge in [-0.2, -0.15) is 0 Å². The fraction of sp³-hybridized carbons (Fsp3) is 0.310. The van der Waals surface area contributed by atoms with Gasteiger partial charge in [-0.1, -0.05) is 62.7 Å². The first-order valence-corrected chi connectivity index (χ1v) is 13.9. The predicted octanol–water partition coefficient (Wildman–Crippen LogP) is 6.53. The van der Waals surface area contributed by atoms with Crippen LogP contribution in [0.3, 0.4) is 0 Å². The van der Waals surface area contributed by atoms with Gasteiger partial charge in [0.1, 0.15) is 17.4 Å². The number of nitrogens with one attached hydrogen (secondary N) is 1. The zero-order valence-corrected chi connectivity index (χ0v) is 23.5. The van der Waals surface area contributed by atoms with Crippen LogP contribution >= 0.6 is 22.9 Å². The molecule has 0 saturated carbocycles. The third-order valence-corrected chi connectivity index (χ3v) is 8.70. The zero-order chi connectivity index (χ0) is 26.6. The molecular weight excluding hydrogens is 516 g/mol. The zero-order valence-electron chi connectivity index (χ0n) is 21.9. The number of carbonyl (C=O) groups excluding carboxylic acids is 1. The van der Waals surface area contributed by atoms with E-state index >= 15 is 0 Å². The summed E-state index contributed by atoms with van der Waals surface area (Å²) in [5, 5.41) is 13.5. The number of benzene rings is 2. The second-order valence-corrected chi connectivity index (χ2v) is 12.2. The van der Waals surface area contributed by atoms with Gasteiger partial charge in [0.05, 0.1) is 12.3 Å². The topological polar surface area (TPSA) is 75.4 Å². The lowest BCUT2D eigenvalue weighted by Gasteiger charge is -2.28. The Morgan fingerprint density at radius 1 is 1.08 bits per heavy atom. The Hall–Kier alpha value is -3.49. The monoisotopic (exact) mass is 544 g/mol. The molecule has 2 aromatic heterocycles. The number of halogens is 1. The summed E-state index contributed by atoms with van der Waals surface area (Å²) in [6.07, 6.45) is 0.734. The molecule has 2 aromatic carbocycles. The van der Waals surface area contributed by atoms with Crippen molar-refractivity contribution in [2.75, 3.05) is 11.9 Å². The van der Waals surface area contributed by atoms with E-state index in [0.717, 1.165) is 50.5 Å². The van der Waals surface area contributed by atoms with Crippen molar-refractivity contribution < 1.29 is 4.79 Å². The van der Waals surface area contributed by atoms with Gasteiger partial charge in [-0.25, -0.2) is 4.79 Å². The van der Waals surface area contributed by atoms with Crippen molar-refractivity contribution in [3.05, 3.63) is 92.3 Å². The van der Waals surface area contributed by atoms with Crippen LogP contribution in [0, 0.1) is 6.92 Å². The van der Waals surface area contributed by atoms with Crippen LogP contribution in [0.4, 0.5) is 10.5 Å².